The molecule has 6 heteroatoms. The van der Waals surface area contributed by atoms with Crippen LogP contribution in [0.15, 0.2) is 48.5 Å². The van der Waals surface area contributed by atoms with Crippen LogP contribution >= 0.6 is 7.37 Å². The van der Waals surface area contributed by atoms with Gasteiger partial charge in [0.2, 0.25) is 0 Å². The van der Waals surface area contributed by atoms with E-state index in [-0.39, 0.29) is 19.1 Å². The van der Waals surface area contributed by atoms with E-state index in [9.17, 15) is 14.9 Å². The van der Waals surface area contributed by atoms with Crippen LogP contribution in [-0.4, -0.2) is 34.3 Å². The molecule has 0 saturated heterocycles. The minimum Gasteiger partial charge on any atom is -0.438 e. The second kappa shape index (κ2) is 6.69. The number of para-hydroxylation sites is 1. The Morgan fingerprint density at radius 1 is 1.08 bits per heavy atom. The van der Waals surface area contributed by atoms with Gasteiger partial charge in [-0.05, 0) is 23.6 Å². The van der Waals surface area contributed by atoms with Crippen LogP contribution in [0.25, 0.3) is 11.1 Å². The summed E-state index contributed by atoms with van der Waals surface area (Å²) in [5.41, 5.74) is 1.76. The molecule has 0 fully saturated rings. The summed E-state index contributed by atoms with van der Waals surface area (Å²) in [5, 5.41) is 21.1. The molecule has 0 aliphatic carbocycles. The van der Waals surface area contributed by atoms with Crippen molar-refractivity contribution >= 4 is 12.7 Å². The summed E-state index contributed by atoms with van der Waals surface area (Å²) in [7, 11) is -3.42. The summed E-state index contributed by atoms with van der Waals surface area (Å²) in [6.07, 6.45) is 0. The van der Waals surface area contributed by atoms with Crippen molar-refractivity contribution in [3.05, 3.63) is 48.5 Å². The summed E-state index contributed by atoms with van der Waals surface area (Å²) < 4.78 is 20.0. The minimum absolute atomic E-state index is 0.0139. The van der Waals surface area contributed by atoms with Gasteiger partial charge in [0.1, 0.15) is 11.5 Å². The molecule has 1 aliphatic rings. The van der Waals surface area contributed by atoms with Crippen LogP contribution in [0, 0.1) is 5.92 Å². The third-order valence-corrected chi connectivity index (χ3v) is 7.32. The average Bonchev–Trinajstić information content (AvgIpc) is 2.55. The van der Waals surface area contributed by atoms with E-state index in [0.717, 1.165) is 16.2 Å². The molecule has 2 atom stereocenters. The van der Waals surface area contributed by atoms with Gasteiger partial charge < -0.3 is 14.8 Å². The molecule has 0 aromatic heterocycles. The lowest BCUT2D eigenvalue weighted by Crippen LogP contribution is -2.42. The van der Waals surface area contributed by atoms with Crippen LogP contribution in [0.4, 0.5) is 0 Å². The number of rotatable bonds is 5. The van der Waals surface area contributed by atoms with Crippen molar-refractivity contribution < 1.29 is 19.4 Å². The molecular formula is C18H22NO4P. The lowest BCUT2D eigenvalue weighted by molar-refractivity contribution is -0.122. The molecule has 5 nitrogen and oxygen atoms in total. The zero-order chi connectivity index (χ0) is 17.3. The lowest BCUT2D eigenvalue weighted by atomic mass is 10.0. The monoisotopic (exact) mass is 347 g/mol. The number of nitrogens with zero attached hydrogens (tertiary/aromatic N) is 1. The number of aliphatic hydroxyl groups excluding tert-OH is 1. The van der Waals surface area contributed by atoms with Crippen molar-refractivity contribution in [3.8, 4) is 16.9 Å². The van der Waals surface area contributed by atoms with Gasteiger partial charge in [-0.3, -0.25) is 4.57 Å². The van der Waals surface area contributed by atoms with Crippen LogP contribution < -0.4 is 9.83 Å². The van der Waals surface area contributed by atoms with Crippen molar-refractivity contribution in [2.75, 3.05) is 13.2 Å². The second-order valence-corrected chi connectivity index (χ2v) is 8.63. The molecule has 0 radical (unpaired) electrons. The summed E-state index contributed by atoms with van der Waals surface area (Å²) in [5.74, 6) is -0.313. The topological polar surface area (TPSA) is 70.0 Å². The first-order valence-corrected chi connectivity index (χ1v) is 9.73. The Balaban J connectivity index is 2.18. The van der Waals surface area contributed by atoms with Gasteiger partial charge in [-0.2, -0.15) is 5.06 Å². The normalized spacial score (nSPS) is 20.4. The van der Waals surface area contributed by atoms with Crippen LogP contribution in [0.2, 0.25) is 0 Å². The predicted molar refractivity (Wildman–Crippen MR) is 94.0 cm³/mol. The standard InChI is InChI=1S/C18H22NO4P/c1-13(2)18(19(21)11-12-20)24(22)17-10-6-4-8-15(17)14-7-3-5-9-16(14)23-24/h3-10,13,18,20-21H,11-12H2,1-2H3. The van der Waals surface area contributed by atoms with E-state index in [2.05, 4.69) is 0 Å². The highest BCUT2D eigenvalue weighted by Gasteiger charge is 2.47. The lowest BCUT2D eigenvalue weighted by Gasteiger charge is -2.38. The Labute approximate surface area is 141 Å². The van der Waals surface area contributed by atoms with Gasteiger partial charge in [0.15, 0.2) is 0 Å². The number of benzene rings is 2. The Morgan fingerprint density at radius 2 is 1.71 bits per heavy atom. The number of fused-ring (bicyclic) bond motifs is 3. The Bertz CT molecular complexity index is 777. The molecule has 3 rings (SSSR count). The molecule has 0 spiro atoms. The molecule has 2 unspecified atom stereocenters. The van der Waals surface area contributed by atoms with Gasteiger partial charge in [0, 0.05) is 12.1 Å². The SMILES string of the molecule is CC(C)C(N(O)CCO)P1(=O)Oc2ccccc2-c2ccccc21. The third kappa shape index (κ3) is 2.78. The second-order valence-electron chi connectivity index (χ2n) is 6.25. The number of hydrogen-bond donors (Lipinski definition) is 2. The molecule has 128 valence electrons. The molecule has 2 N–H and O–H groups in total. The highest BCUT2D eigenvalue weighted by atomic mass is 31.2. The summed E-state index contributed by atoms with van der Waals surface area (Å²) in [4.78, 5) is 0. The van der Waals surface area contributed by atoms with E-state index in [4.69, 9.17) is 4.52 Å². The van der Waals surface area contributed by atoms with Gasteiger partial charge in [-0.15, -0.1) is 0 Å². The van der Waals surface area contributed by atoms with Crippen molar-refractivity contribution in [3.63, 3.8) is 0 Å². The fourth-order valence-corrected chi connectivity index (χ4v) is 6.30. The van der Waals surface area contributed by atoms with Crippen molar-refractivity contribution in [1.29, 1.82) is 0 Å². The average molecular weight is 347 g/mol. The Hall–Kier alpha value is -1.65. The maximum absolute atomic E-state index is 14.0. The van der Waals surface area contributed by atoms with Gasteiger partial charge >= 0.3 is 0 Å². The van der Waals surface area contributed by atoms with Crippen LogP contribution in [0.3, 0.4) is 0 Å². The van der Waals surface area contributed by atoms with E-state index >= 15 is 0 Å². The molecule has 2 aromatic rings. The summed E-state index contributed by atoms with van der Waals surface area (Å²) in [6.45, 7) is 3.56. The number of aliphatic hydroxyl groups is 1. The molecule has 1 aliphatic heterocycles. The van der Waals surface area contributed by atoms with E-state index in [1.165, 1.54) is 0 Å². The van der Waals surface area contributed by atoms with E-state index in [1.54, 1.807) is 12.1 Å². The molecule has 1 heterocycles. The Kier molecular flexibility index (Phi) is 4.79. The van der Waals surface area contributed by atoms with Gasteiger partial charge in [0.05, 0.1) is 11.9 Å². The van der Waals surface area contributed by atoms with Gasteiger partial charge in [0.25, 0.3) is 7.37 Å². The minimum atomic E-state index is -3.42. The van der Waals surface area contributed by atoms with Crippen molar-refractivity contribution in [2.24, 2.45) is 5.92 Å². The molecule has 0 saturated carbocycles. The first kappa shape index (κ1) is 17.2. The molecule has 2 aromatic carbocycles. The van der Waals surface area contributed by atoms with E-state index < -0.39 is 13.2 Å². The predicted octanol–water partition coefficient (Wildman–Crippen LogP) is 3.32. The first-order valence-electron chi connectivity index (χ1n) is 8.03. The summed E-state index contributed by atoms with van der Waals surface area (Å²) >= 11 is 0. The smallest absolute Gasteiger partial charge is 0.297 e. The maximum atomic E-state index is 14.0. The van der Waals surface area contributed by atoms with Crippen molar-refractivity contribution in [1.82, 2.24) is 5.06 Å². The fraction of sp³-hybridized carbons (Fsp3) is 0.333. The maximum Gasteiger partial charge on any atom is 0.297 e. The molecule has 24 heavy (non-hydrogen) atoms. The molecular weight excluding hydrogens is 325 g/mol. The third-order valence-electron chi connectivity index (χ3n) is 4.23. The molecule has 0 amide bonds. The molecule has 0 bridgehead atoms. The van der Waals surface area contributed by atoms with Crippen molar-refractivity contribution in [2.45, 2.75) is 19.6 Å². The zero-order valence-electron chi connectivity index (χ0n) is 13.8. The number of hydrogen-bond acceptors (Lipinski definition) is 5. The van der Waals surface area contributed by atoms with Gasteiger partial charge in [-0.1, -0.05) is 50.2 Å². The van der Waals surface area contributed by atoms with Crippen LogP contribution in [0.1, 0.15) is 13.8 Å². The largest absolute Gasteiger partial charge is 0.438 e. The first-order chi connectivity index (χ1) is 11.5. The Morgan fingerprint density at radius 3 is 2.38 bits per heavy atom. The summed E-state index contributed by atoms with van der Waals surface area (Å²) in [6, 6.07) is 14.9. The van der Waals surface area contributed by atoms with E-state index in [1.807, 2.05) is 50.2 Å². The van der Waals surface area contributed by atoms with Gasteiger partial charge in [-0.25, -0.2) is 0 Å². The van der Waals surface area contributed by atoms with E-state index in [0.29, 0.717) is 11.1 Å². The fourth-order valence-electron chi connectivity index (χ4n) is 3.28. The number of hydroxylamine groups is 2. The highest BCUT2D eigenvalue weighted by Crippen LogP contribution is 2.59. The highest BCUT2D eigenvalue weighted by molar-refractivity contribution is 7.68. The quantitative estimate of drug-likeness (QED) is 0.641. The van der Waals surface area contributed by atoms with Crippen LogP contribution in [-0.2, 0) is 4.57 Å². The van der Waals surface area contributed by atoms with Crippen LogP contribution in [0.5, 0.6) is 5.75 Å². The zero-order valence-corrected chi connectivity index (χ0v) is 14.7.